The normalized spacial score (nSPS) is 11.6. The molecule has 0 amide bonds. The number of benzene rings is 2. The molecule has 0 aliphatic rings. The summed E-state index contributed by atoms with van der Waals surface area (Å²) in [7, 11) is 0. The van der Waals surface area contributed by atoms with Crippen LogP contribution in [-0.4, -0.2) is 19.3 Å². The zero-order chi connectivity index (χ0) is 19.8. The van der Waals surface area contributed by atoms with Crippen LogP contribution in [0.1, 0.15) is 13.3 Å². The first kappa shape index (κ1) is 22.3. The lowest BCUT2D eigenvalue weighted by atomic mass is 10.2. The second-order valence-corrected chi connectivity index (χ2v) is 7.80. The van der Waals surface area contributed by atoms with E-state index in [1.807, 2.05) is 19.1 Å². The molecule has 1 unspecified atom stereocenters. The summed E-state index contributed by atoms with van der Waals surface area (Å²) >= 11 is 29.4. The predicted octanol–water partition coefficient (Wildman–Crippen LogP) is 7.58. The maximum Gasteiger partial charge on any atom is 0.157 e. The third-order valence-electron chi connectivity index (χ3n) is 3.39. The average molecular weight is 471 g/mol. The monoisotopic (exact) mass is 468 g/mol. The van der Waals surface area contributed by atoms with Gasteiger partial charge in [-0.1, -0.05) is 58.0 Å². The van der Waals surface area contributed by atoms with E-state index in [0.717, 1.165) is 5.75 Å². The molecule has 0 bridgehead atoms. The second-order valence-electron chi connectivity index (χ2n) is 5.54. The lowest BCUT2D eigenvalue weighted by Crippen LogP contribution is -2.16. The van der Waals surface area contributed by atoms with Gasteiger partial charge < -0.3 is 14.2 Å². The predicted molar refractivity (Wildman–Crippen MR) is 113 cm³/mol. The molecule has 0 saturated carbocycles. The van der Waals surface area contributed by atoms with Crippen molar-refractivity contribution in [3.63, 3.8) is 0 Å². The van der Waals surface area contributed by atoms with Crippen LogP contribution in [-0.2, 0) is 0 Å². The molecule has 0 aliphatic carbocycles. The van der Waals surface area contributed by atoms with Crippen LogP contribution in [0.3, 0.4) is 0 Å². The van der Waals surface area contributed by atoms with Gasteiger partial charge in [0.15, 0.2) is 5.75 Å². The highest BCUT2D eigenvalue weighted by molar-refractivity contribution is 6.55. The minimum atomic E-state index is -0.156. The van der Waals surface area contributed by atoms with Crippen molar-refractivity contribution in [1.82, 2.24) is 0 Å². The molecular weight excluding hydrogens is 453 g/mol. The Hall–Kier alpha value is -0.970. The maximum absolute atomic E-state index is 6.26. The average Bonchev–Trinajstić information content (AvgIpc) is 2.59. The number of hydrogen-bond donors (Lipinski definition) is 0. The quantitative estimate of drug-likeness (QED) is 0.378. The molecule has 0 saturated heterocycles. The van der Waals surface area contributed by atoms with Gasteiger partial charge in [-0.25, -0.2) is 0 Å². The molecule has 2 rings (SSSR count). The highest BCUT2D eigenvalue weighted by Crippen LogP contribution is 2.37. The van der Waals surface area contributed by atoms with E-state index in [1.165, 1.54) is 6.08 Å². The van der Waals surface area contributed by atoms with Gasteiger partial charge in [0.05, 0.1) is 22.8 Å². The zero-order valence-electron chi connectivity index (χ0n) is 14.4. The Kier molecular flexibility index (Phi) is 9.20. The van der Waals surface area contributed by atoms with Crippen LogP contribution in [0.2, 0.25) is 15.1 Å². The topological polar surface area (TPSA) is 27.7 Å². The summed E-state index contributed by atoms with van der Waals surface area (Å²) in [6, 6.07) is 10.4. The van der Waals surface area contributed by atoms with Crippen LogP contribution in [0.25, 0.3) is 0 Å². The van der Waals surface area contributed by atoms with Crippen LogP contribution >= 0.6 is 58.0 Å². The third kappa shape index (κ3) is 7.89. The molecule has 27 heavy (non-hydrogen) atoms. The first-order chi connectivity index (χ1) is 12.8. The van der Waals surface area contributed by atoms with Crippen molar-refractivity contribution < 1.29 is 14.2 Å². The van der Waals surface area contributed by atoms with Gasteiger partial charge in [0.2, 0.25) is 0 Å². The van der Waals surface area contributed by atoms with E-state index >= 15 is 0 Å². The molecule has 0 heterocycles. The van der Waals surface area contributed by atoms with Crippen molar-refractivity contribution in [3.8, 4) is 17.2 Å². The molecule has 2 aromatic rings. The molecule has 0 spiro atoms. The van der Waals surface area contributed by atoms with Gasteiger partial charge in [-0.05, 0) is 37.3 Å². The molecule has 0 N–H and O–H groups in total. The van der Waals surface area contributed by atoms with Crippen LogP contribution in [0.4, 0.5) is 0 Å². The Morgan fingerprint density at radius 1 is 0.963 bits per heavy atom. The van der Waals surface area contributed by atoms with Crippen LogP contribution in [0.15, 0.2) is 47.0 Å². The van der Waals surface area contributed by atoms with Crippen molar-refractivity contribution in [1.29, 1.82) is 0 Å². The summed E-state index contributed by atoms with van der Waals surface area (Å²) in [5, 5.41) is 1.37. The fraction of sp³-hybridized carbons (Fsp3) is 0.263. The van der Waals surface area contributed by atoms with Crippen molar-refractivity contribution in [2.24, 2.45) is 0 Å². The molecule has 0 aliphatic heterocycles. The van der Waals surface area contributed by atoms with E-state index in [0.29, 0.717) is 39.6 Å². The fourth-order valence-electron chi connectivity index (χ4n) is 2.07. The highest BCUT2D eigenvalue weighted by Gasteiger charge is 2.14. The van der Waals surface area contributed by atoms with Crippen LogP contribution in [0.5, 0.6) is 17.2 Å². The van der Waals surface area contributed by atoms with Gasteiger partial charge in [-0.15, -0.1) is 0 Å². The molecule has 1 atom stereocenters. The lowest BCUT2D eigenvalue weighted by Gasteiger charge is -2.18. The van der Waals surface area contributed by atoms with Crippen LogP contribution < -0.4 is 14.2 Å². The smallest absolute Gasteiger partial charge is 0.157 e. The third-order valence-corrected chi connectivity index (χ3v) is 4.51. The van der Waals surface area contributed by atoms with E-state index in [2.05, 4.69) is 0 Å². The Balaban J connectivity index is 1.87. The molecule has 2 aromatic carbocycles. The Morgan fingerprint density at radius 2 is 1.59 bits per heavy atom. The molecule has 146 valence electrons. The lowest BCUT2D eigenvalue weighted by molar-refractivity contribution is 0.177. The number of halogens is 5. The molecule has 0 aromatic heterocycles. The van der Waals surface area contributed by atoms with Gasteiger partial charge in [-0.2, -0.15) is 0 Å². The van der Waals surface area contributed by atoms with E-state index in [4.69, 9.17) is 72.2 Å². The van der Waals surface area contributed by atoms with Crippen molar-refractivity contribution in [2.75, 3.05) is 13.2 Å². The summed E-state index contributed by atoms with van der Waals surface area (Å²) in [5.74, 6) is 1.63. The van der Waals surface area contributed by atoms with Gasteiger partial charge in [-0.3, -0.25) is 0 Å². The number of rotatable bonds is 9. The van der Waals surface area contributed by atoms with Gasteiger partial charge in [0.1, 0.15) is 22.6 Å². The second kappa shape index (κ2) is 11.1. The van der Waals surface area contributed by atoms with E-state index in [1.54, 1.807) is 24.3 Å². The Bertz CT molecular complexity index is 750. The number of hydrogen-bond acceptors (Lipinski definition) is 3. The summed E-state index contributed by atoms with van der Waals surface area (Å²) < 4.78 is 17.1. The summed E-state index contributed by atoms with van der Waals surface area (Å²) in [6.07, 6.45) is 2.00. The standard InChI is InChI=1S/C19H17Cl5O3/c1-12(6-8-25-14-4-2-13(20)3-5-14)27-19-16(21)10-15(11-17(19)22)26-9-7-18(23)24/h2-5,7,10-12H,6,8-9H2,1H3. The van der Waals surface area contributed by atoms with Gasteiger partial charge in [0, 0.05) is 23.6 Å². The summed E-state index contributed by atoms with van der Waals surface area (Å²) in [5.41, 5.74) is 0. The number of ether oxygens (including phenoxy) is 3. The largest absolute Gasteiger partial charge is 0.493 e. The van der Waals surface area contributed by atoms with E-state index in [-0.39, 0.29) is 17.2 Å². The molecular formula is C19H17Cl5O3. The summed E-state index contributed by atoms with van der Waals surface area (Å²) in [6.45, 7) is 2.59. The SMILES string of the molecule is CC(CCOc1ccc(Cl)cc1)Oc1c(Cl)cc(OCC=C(Cl)Cl)cc1Cl. The van der Waals surface area contributed by atoms with Crippen LogP contribution in [0, 0.1) is 0 Å². The van der Waals surface area contributed by atoms with E-state index in [9.17, 15) is 0 Å². The Labute approximate surface area is 183 Å². The first-order valence-electron chi connectivity index (χ1n) is 8.03. The molecule has 0 radical (unpaired) electrons. The first-order valence-corrected chi connectivity index (χ1v) is 9.92. The van der Waals surface area contributed by atoms with E-state index < -0.39 is 0 Å². The molecule has 3 nitrogen and oxygen atoms in total. The minimum Gasteiger partial charge on any atom is -0.493 e. The molecule has 8 heteroatoms. The van der Waals surface area contributed by atoms with Gasteiger partial charge in [0.25, 0.3) is 0 Å². The van der Waals surface area contributed by atoms with Crippen molar-refractivity contribution in [2.45, 2.75) is 19.4 Å². The maximum atomic E-state index is 6.26. The van der Waals surface area contributed by atoms with Gasteiger partial charge >= 0.3 is 0 Å². The molecule has 0 fully saturated rings. The highest BCUT2D eigenvalue weighted by atomic mass is 35.5. The minimum absolute atomic E-state index is 0.127. The van der Waals surface area contributed by atoms with Crippen molar-refractivity contribution in [3.05, 3.63) is 62.0 Å². The van der Waals surface area contributed by atoms with Crippen molar-refractivity contribution >= 4 is 58.0 Å². The summed E-state index contributed by atoms with van der Waals surface area (Å²) in [4.78, 5) is 0. The Morgan fingerprint density at radius 3 is 2.19 bits per heavy atom. The zero-order valence-corrected chi connectivity index (χ0v) is 18.1. The fourth-order valence-corrected chi connectivity index (χ4v) is 2.88.